The summed E-state index contributed by atoms with van der Waals surface area (Å²) in [5.74, 6) is 0.0363. The van der Waals surface area contributed by atoms with Gasteiger partial charge in [-0.25, -0.2) is 0 Å². The third-order valence-electron chi connectivity index (χ3n) is 3.66. The minimum Gasteiger partial charge on any atom is -0.381 e. The maximum Gasteiger partial charge on any atom is 0.224 e. The minimum absolute atomic E-state index is 0.0363. The fraction of sp³-hybridized carbons (Fsp3) is 0.278. The smallest absolute Gasteiger partial charge is 0.224 e. The molecule has 0 saturated carbocycles. The lowest BCUT2D eigenvalue weighted by Crippen LogP contribution is -2.11. The molecule has 0 unspecified atom stereocenters. The third kappa shape index (κ3) is 3.85. The van der Waals surface area contributed by atoms with Crippen molar-refractivity contribution in [3.8, 4) is 0 Å². The molecule has 0 aliphatic rings. The Hall–Kier alpha value is -2.29. The largest absolute Gasteiger partial charge is 0.381 e. The first-order valence-electron chi connectivity index (χ1n) is 7.29. The van der Waals surface area contributed by atoms with E-state index in [-0.39, 0.29) is 5.91 Å². The molecule has 0 aromatic heterocycles. The molecule has 2 aromatic carbocycles. The van der Waals surface area contributed by atoms with Crippen molar-refractivity contribution in [3.05, 3.63) is 59.2 Å². The van der Waals surface area contributed by atoms with Gasteiger partial charge in [-0.15, -0.1) is 0 Å². The van der Waals surface area contributed by atoms with Gasteiger partial charge in [-0.2, -0.15) is 0 Å². The Morgan fingerprint density at radius 2 is 1.71 bits per heavy atom. The second kappa shape index (κ2) is 6.93. The van der Waals surface area contributed by atoms with E-state index in [0.717, 1.165) is 23.5 Å². The summed E-state index contributed by atoms with van der Waals surface area (Å²) in [4.78, 5) is 11.5. The number of anilines is 2. The lowest BCUT2D eigenvalue weighted by molar-refractivity contribution is -0.115. The molecule has 0 bridgehead atoms. The van der Waals surface area contributed by atoms with E-state index in [0.29, 0.717) is 6.42 Å². The van der Waals surface area contributed by atoms with Crippen LogP contribution in [-0.4, -0.2) is 5.91 Å². The van der Waals surface area contributed by atoms with E-state index in [9.17, 15) is 4.79 Å². The normalized spacial score (nSPS) is 10.2. The van der Waals surface area contributed by atoms with Crippen LogP contribution in [0, 0.1) is 13.8 Å². The van der Waals surface area contributed by atoms with Gasteiger partial charge in [-0.3, -0.25) is 4.79 Å². The number of rotatable bonds is 5. The van der Waals surface area contributed by atoms with Crippen LogP contribution < -0.4 is 10.6 Å². The highest BCUT2D eigenvalue weighted by molar-refractivity contribution is 5.92. The van der Waals surface area contributed by atoms with E-state index >= 15 is 0 Å². The fourth-order valence-corrected chi connectivity index (χ4v) is 2.20. The molecular formula is C18H22N2O. The number of aryl methyl sites for hydroxylation is 1. The molecule has 0 spiro atoms. The van der Waals surface area contributed by atoms with E-state index < -0.39 is 0 Å². The van der Waals surface area contributed by atoms with E-state index in [1.807, 2.05) is 38.1 Å². The molecule has 0 radical (unpaired) electrons. The zero-order valence-electron chi connectivity index (χ0n) is 12.9. The Bertz CT molecular complexity index is 635. The van der Waals surface area contributed by atoms with Crippen molar-refractivity contribution in [2.24, 2.45) is 0 Å². The summed E-state index contributed by atoms with van der Waals surface area (Å²) in [7, 11) is 0. The van der Waals surface area contributed by atoms with E-state index in [1.165, 1.54) is 11.1 Å². The van der Waals surface area contributed by atoms with Crippen molar-refractivity contribution in [1.82, 2.24) is 0 Å². The topological polar surface area (TPSA) is 41.1 Å². The van der Waals surface area contributed by atoms with E-state index in [2.05, 4.69) is 35.8 Å². The van der Waals surface area contributed by atoms with Crippen molar-refractivity contribution in [1.29, 1.82) is 0 Å². The summed E-state index contributed by atoms with van der Waals surface area (Å²) in [6.45, 7) is 6.76. The Morgan fingerprint density at radius 3 is 2.43 bits per heavy atom. The molecule has 0 atom stereocenters. The zero-order valence-corrected chi connectivity index (χ0v) is 12.9. The monoisotopic (exact) mass is 282 g/mol. The first kappa shape index (κ1) is 15.1. The number of benzene rings is 2. The lowest BCUT2D eigenvalue weighted by Gasteiger charge is -2.14. The van der Waals surface area contributed by atoms with Gasteiger partial charge in [-0.05, 0) is 42.7 Å². The molecule has 0 fully saturated rings. The van der Waals surface area contributed by atoms with Crippen LogP contribution in [0.15, 0.2) is 42.5 Å². The maximum absolute atomic E-state index is 11.5. The minimum atomic E-state index is 0.0363. The highest BCUT2D eigenvalue weighted by Crippen LogP contribution is 2.24. The SMILES string of the molecule is CCC(=O)Nc1cccc(NCc2ccccc2C)c1C. The van der Waals surface area contributed by atoms with Gasteiger partial charge in [0.1, 0.15) is 0 Å². The van der Waals surface area contributed by atoms with Crippen LogP contribution in [0.3, 0.4) is 0 Å². The van der Waals surface area contributed by atoms with Gasteiger partial charge in [0.25, 0.3) is 0 Å². The number of hydrogen-bond donors (Lipinski definition) is 2. The Balaban J connectivity index is 2.12. The van der Waals surface area contributed by atoms with E-state index in [4.69, 9.17) is 0 Å². The predicted octanol–water partition coefficient (Wildman–Crippen LogP) is 4.26. The molecule has 110 valence electrons. The molecule has 0 heterocycles. The van der Waals surface area contributed by atoms with Crippen LogP contribution in [-0.2, 0) is 11.3 Å². The number of amides is 1. The second-order valence-corrected chi connectivity index (χ2v) is 5.16. The Kier molecular flexibility index (Phi) is 4.99. The molecule has 3 heteroatoms. The zero-order chi connectivity index (χ0) is 15.2. The highest BCUT2D eigenvalue weighted by Gasteiger charge is 2.06. The maximum atomic E-state index is 11.5. The summed E-state index contributed by atoms with van der Waals surface area (Å²) >= 11 is 0. The third-order valence-corrected chi connectivity index (χ3v) is 3.66. The number of nitrogens with one attached hydrogen (secondary N) is 2. The summed E-state index contributed by atoms with van der Waals surface area (Å²) in [5, 5.41) is 6.38. The summed E-state index contributed by atoms with van der Waals surface area (Å²) in [6, 6.07) is 14.3. The van der Waals surface area contributed by atoms with Crippen LogP contribution in [0.2, 0.25) is 0 Å². The Morgan fingerprint density at radius 1 is 1.00 bits per heavy atom. The average Bonchev–Trinajstić information content (AvgIpc) is 2.49. The summed E-state index contributed by atoms with van der Waals surface area (Å²) in [5.41, 5.74) is 5.54. The van der Waals surface area contributed by atoms with Gasteiger partial charge in [-0.1, -0.05) is 37.3 Å². The predicted molar refractivity (Wildman–Crippen MR) is 88.6 cm³/mol. The number of carbonyl (C=O) groups is 1. The molecule has 0 aliphatic carbocycles. The van der Waals surface area contributed by atoms with Gasteiger partial charge in [0.05, 0.1) is 0 Å². The van der Waals surface area contributed by atoms with Gasteiger partial charge in [0.15, 0.2) is 0 Å². The summed E-state index contributed by atoms with van der Waals surface area (Å²) < 4.78 is 0. The van der Waals surface area contributed by atoms with Gasteiger partial charge >= 0.3 is 0 Å². The highest BCUT2D eigenvalue weighted by atomic mass is 16.1. The summed E-state index contributed by atoms with van der Waals surface area (Å²) in [6.07, 6.45) is 0.486. The van der Waals surface area contributed by atoms with Crippen molar-refractivity contribution < 1.29 is 4.79 Å². The average molecular weight is 282 g/mol. The fourth-order valence-electron chi connectivity index (χ4n) is 2.20. The van der Waals surface area contributed by atoms with E-state index in [1.54, 1.807) is 0 Å². The lowest BCUT2D eigenvalue weighted by atomic mass is 10.1. The van der Waals surface area contributed by atoms with Crippen molar-refractivity contribution in [2.45, 2.75) is 33.7 Å². The number of carbonyl (C=O) groups excluding carboxylic acids is 1. The molecule has 2 N–H and O–H groups in total. The first-order chi connectivity index (χ1) is 10.1. The van der Waals surface area contributed by atoms with Crippen LogP contribution in [0.1, 0.15) is 30.0 Å². The van der Waals surface area contributed by atoms with Gasteiger partial charge in [0.2, 0.25) is 5.91 Å². The van der Waals surface area contributed by atoms with Crippen LogP contribution in [0.25, 0.3) is 0 Å². The van der Waals surface area contributed by atoms with Gasteiger partial charge < -0.3 is 10.6 Å². The molecule has 0 saturated heterocycles. The van der Waals surface area contributed by atoms with Crippen molar-refractivity contribution in [3.63, 3.8) is 0 Å². The Labute approximate surface area is 126 Å². The standard InChI is InChI=1S/C18H22N2O/c1-4-18(21)20-17-11-7-10-16(14(17)3)19-12-15-9-6-5-8-13(15)2/h5-11,19H,4,12H2,1-3H3,(H,20,21). The van der Waals surface area contributed by atoms with Crippen LogP contribution in [0.4, 0.5) is 11.4 Å². The molecule has 1 amide bonds. The number of hydrogen-bond acceptors (Lipinski definition) is 2. The molecule has 2 aromatic rings. The van der Waals surface area contributed by atoms with Crippen molar-refractivity contribution >= 4 is 17.3 Å². The quantitative estimate of drug-likeness (QED) is 0.860. The first-order valence-corrected chi connectivity index (χ1v) is 7.29. The van der Waals surface area contributed by atoms with Crippen LogP contribution in [0.5, 0.6) is 0 Å². The molecule has 0 aliphatic heterocycles. The molecule has 21 heavy (non-hydrogen) atoms. The molecule has 2 rings (SSSR count). The molecular weight excluding hydrogens is 260 g/mol. The van der Waals surface area contributed by atoms with Crippen LogP contribution >= 0.6 is 0 Å². The second-order valence-electron chi connectivity index (χ2n) is 5.16. The van der Waals surface area contributed by atoms with Gasteiger partial charge in [0, 0.05) is 24.3 Å². The van der Waals surface area contributed by atoms with Crippen molar-refractivity contribution in [2.75, 3.05) is 10.6 Å². The molecule has 3 nitrogen and oxygen atoms in total.